The van der Waals surface area contributed by atoms with Crippen LogP contribution in [0.15, 0.2) is 23.3 Å². The maximum absolute atomic E-state index is 6.10. The van der Waals surface area contributed by atoms with Gasteiger partial charge in [0.25, 0.3) is 0 Å². The van der Waals surface area contributed by atoms with Crippen molar-refractivity contribution in [2.45, 2.75) is 53.2 Å². The molecule has 1 fully saturated rings. The molecule has 2 rings (SSSR count). The lowest BCUT2D eigenvalue weighted by Gasteiger charge is -2.40. The number of ether oxygens (including phenoxy) is 1. The highest BCUT2D eigenvalue weighted by Crippen LogP contribution is 2.33. The Hall–Kier alpha value is -1.09. The molecule has 6 nitrogen and oxygen atoms in total. The van der Waals surface area contributed by atoms with Crippen LogP contribution >= 0.6 is 24.0 Å². The van der Waals surface area contributed by atoms with E-state index in [-0.39, 0.29) is 35.5 Å². The molecule has 1 aliphatic heterocycles. The van der Waals surface area contributed by atoms with Gasteiger partial charge >= 0.3 is 0 Å². The summed E-state index contributed by atoms with van der Waals surface area (Å²) in [6, 6.07) is 4.10. The SMILES string of the molecule is CCNC(=NCc1ccnc(N(C)C)c1)NCC1CCCOC1C(C)(C)C.I. The average molecular weight is 503 g/mol. The molecule has 1 aliphatic rings. The highest BCUT2D eigenvalue weighted by atomic mass is 127. The van der Waals surface area contributed by atoms with Gasteiger partial charge in [-0.15, -0.1) is 24.0 Å². The highest BCUT2D eigenvalue weighted by Gasteiger charge is 2.35. The Labute approximate surface area is 187 Å². The van der Waals surface area contributed by atoms with E-state index in [4.69, 9.17) is 9.73 Å². The van der Waals surface area contributed by atoms with Crippen molar-refractivity contribution in [1.82, 2.24) is 15.6 Å². The number of hydrogen-bond donors (Lipinski definition) is 2. The van der Waals surface area contributed by atoms with Gasteiger partial charge in [0.2, 0.25) is 0 Å². The first-order valence-corrected chi connectivity index (χ1v) is 10.1. The largest absolute Gasteiger partial charge is 0.377 e. The molecule has 0 spiro atoms. The third kappa shape index (κ3) is 7.73. The first-order chi connectivity index (χ1) is 12.8. The molecule has 0 aliphatic carbocycles. The number of hydrogen-bond acceptors (Lipinski definition) is 4. The van der Waals surface area contributed by atoms with Crippen LogP contribution < -0.4 is 15.5 Å². The first-order valence-electron chi connectivity index (χ1n) is 10.1. The topological polar surface area (TPSA) is 61.8 Å². The summed E-state index contributed by atoms with van der Waals surface area (Å²) >= 11 is 0. The first kappa shape index (κ1) is 24.9. The molecule has 1 aromatic rings. The third-order valence-corrected chi connectivity index (χ3v) is 4.86. The number of nitrogens with one attached hydrogen (secondary N) is 2. The molecule has 2 N–H and O–H groups in total. The number of aromatic nitrogens is 1. The smallest absolute Gasteiger partial charge is 0.191 e. The van der Waals surface area contributed by atoms with Crippen LogP contribution in [0.1, 0.15) is 46.1 Å². The number of nitrogens with zero attached hydrogens (tertiary/aromatic N) is 3. The number of rotatable bonds is 6. The standard InChI is InChI=1S/C21H37N5O.HI/c1-7-22-20(24-14-16-10-11-23-18(13-16)26(5)6)25-15-17-9-8-12-27-19(17)21(2,3)4;/h10-11,13,17,19H,7-9,12,14-15H2,1-6H3,(H2,22,24,25);1H. The summed E-state index contributed by atoms with van der Waals surface area (Å²) in [4.78, 5) is 11.1. The molecule has 0 aromatic carbocycles. The van der Waals surface area contributed by atoms with Crippen molar-refractivity contribution >= 4 is 35.8 Å². The maximum atomic E-state index is 6.10. The van der Waals surface area contributed by atoms with Crippen molar-refractivity contribution in [3.63, 3.8) is 0 Å². The van der Waals surface area contributed by atoms with E-state index in [1.807, 2.05) is 31.3 Å². The van der Waals surface area contributed by atoms with Crippen LogP contribution in [0.5, 0.6) is 0 Å². The van der Waals surface area contributed by atoms with Crippen LogP contribution in [0.3, 0.4) is 0 Å². The molecule has 160 valence electrons. The number of halogens is 1. The fourth-order valence-electron chi connectivity index (χ4n) is 3.55. The Balaban J connectivity index is 0.00000392. The molecule has 28 heavy (non-hydrogen) atoms. The molecule has 0 bridgehead atoms. The molecule has 0 radical (unpaired) electrons. The van der Waals surface area contributed by atoms with E-state index < -0.39 is 0 Å². The van der Waals surface area contributed by atoms with Gasteiger partial charge < -0.3 is 20.3 Å². The molecule has 1 saturated heterocycles. The van der Waals surface area contributed by atoms with Gasteiger partial charge in [0, 0.05) is 45.9 Å². The van der Waals surface area contributed by atoms with Gasteiger partial charge in [-0.25, -0.2) is 9.98 Å². The van der Waals surface area contributed by atoms with Crippen LogP contribution in [0.2, 0.25) is 0 Å². The van der Waals surface area contributed by atoms with E-state index in [0.717, 1.165) is 43.5 Å². The van der Waals surface area contributed by atoms with Crippen LogP contribution in [0.4, 0.5) is 5.82 Å². The molecule has 2 heterocycles. The lowest BCUT2D eigenvalue weighted by Crippen LogP contribution is -2.47. The Morgan fingerprint density at radius 2 is 2.07 bits per heavy atom. The summed E-state index contributed by atoms with van der Waals surface area (Å²) in [6.45, 7) is 12.1. The van der Waals surface area contributed by atoms with Gasteiger partial charge in [-0.3, -0.25) is 0 Å². The molecule has 1 aromatic heterocycles. The van der Waals surface area contributed by atoms with E-state index in [2.05, 4.69) is 49.4 Å². The molecule has 0 saturated carbocycles. The van der Waals surface area contributed by atoms with Crippen molar-refractivity contribution in [3.05, 3.63) is 23.9 Å². The van der Waals surface area contributed by atoms with Crippen molar-refractivity contribution in [3.8, 4) is 0 Å². The van der Waals surface area contributed by atoms with Crippen molar-refractivity contribution in [2.24, 2.45) is 16.3 Å². The van der Waals surface area contributed by atoms with E-state index >= 15 is 0 Å². The van der Waals surface area contributed by atoms with Gasteiger partial charge in [-0.1, -0.05) is 20.8 Å². The summed E-state index contributed by atoms with van der Waals surface area (Å²) < 4.78 is 6.10. The lowest BCUT2D eigenvalue weighted by atomic mass is 9.78. The molecule has 2 atom stereocenters. The summed E-state index contributed by atoms with van der Waals surface area (Å²) in [5, 5.41) is 6.89. The summed E-state index contributed by atoms with van der Waals surface area (Å²) in [5.41, 5.74) is 1.31. The molecule has 0 amide bonds. The minimum absolute atomic E-state index is 0. The summed E-state index contributed by atoms with van der Waals surface area (Å²) in [5.74, 6) is 2.32. The zero-order chi connectivity index (χ0) is 19.9. The normalized spacial score (nSPS) is 20.3. The lowest BCUT2D eigenvalue weighted by molar-refractivity contribution is -0.0835. The van der Waals surface area contributed by atoms with E-state index in [1.54, 1.807) is 0 Å². The Bertz CT molecular complexity index is 615. The van der Waals surface area contributed by atoms with E-state index in [9.17, 15) is 0 Å². The minimum atomic E-state index is 0. The highest BCUT2D eigenvalue weighted by molar-refractivity contribution is 14.0. The van der Waals surface area contributed by atoms with Crippen LogP contribution in [0.25, 0.3) is 0 Å². The van der Waals surface area contributed by atoms with Crippen molar-refractivity contribution in [2.75, 3.05) is 38.7 Å². The third-order valence-electron chi connectivity index (χ3n) is 4.86. The Kier molecular flexibility index (Phi) is 10.5. The van der Waals surface area contributed by atoms with Crippen LogP contribution in [0, 0.1) is 11.3 Å². The van der Waals surface area contributed by atoms with Crippen molar-refractivity contribution < 1.29 is 4.74 Å². The summed E-state index contributed by atoms with van der Waals surface area (Å²) in [7, 11) is 4.00. The minimum Gasteiger partial charge on any atom is -0.377 e. The molecule has 2 unspecified atom stereocenters. The molecular formula is C21H38IN5O. The van der Waals surface area contributed by atoms with Gasteiger partial charge in [-0.2, -0.15) is 0 Å². The monoisotopic (exact) mass is 503 g/mol. The number of guanidine groups is 1. The molecule has 7 heteroatoms. The van der Waals surface area contributed by atoms with Crippen molar-refractivity contribution in [1.29, 1.82) is 0 Å². The van der Waals surface area contributed by atoms with Gasteiger partial charge in [0.1, 0.15) is 5.82 Å². The second-order valence-corrected chi connectivity index (χ2v) is 8.55. The van der Waals surface area contributed by atoms with E-state index in [1.165, 1.54) is 6.42 Å². The fraction of sp³-hybridized carbons (Fsp3) is 0.714. The number of aliphatic imine (C=N–C) groups is 1. The Morgan fingerprint density at radius 1 is 1.32 bits per heavy atom. The average Bonchev–Trinajstić information content (AvgIpc) is 2.63. The maximum Gasteiger partial charge on any atom is 0.191 e. The van der Waals surface area contributed by atoms with Crippen LogP contribution in [-0.2, 0) is 11.3 Å². The zero-order valence-corrected chi connectivity index (χ0v) is 20.6. The van der Waals surface area contributed by atoms with Gasteiger partial charge in [0.05, 0.1) is 12.6 Å². The van der Waals surface area contributed by atoms with Crippen LogP contribution in [-0.4, -0.2) is 50.8 Å². The predicted octanol–water partition coefficient (Wildman–Crippen LogP) is 3.66. The number of anilines is 1. The quantitative estimate of drug-likeness (QED) is 0.353. The number of pyridine rings is 1. The zero-order valence-electron chi connectivity index (χ0n) is 18.3. The second kappa shape index (κ2) is 11.8. The summed E-state index contributed by atoms with van der Waals surface area (Å²) in [6.07, 6.45) is 4.46. The Morgan fingerprint density at radius 3 is 2.71 bits per heavy atom. The second-order valence-electron chi connectivity index (χ2n) is 8.55. The molecular weight excluding hydrogens is 465 g/mol. The van der Waals surface area contributed by atoms with Gasteiger partial charge in [-0.05, 0) is 42.9 Å². The predicted molar refractivity (Wildman–Crippen MR) is 129 cm³/mol. The van der Waals surface area contributed by atoms with E-state index in [0.29, 0.717) is 12.5 Å². The van der Waals surface area contributed by atoms with Gasteiger partial charge in [0.15, 0.2) is 5.96 Å². The fourth-order valence-corrected chi connectivity index (χ4v) is 3.55.